The molecule has 1 aliphatic heterocycles. The van der Waals surface area contributed by atoms with Crippen molar-refractivity contribution in [2.75, 3.05) is 38.0 Å². The second kappa shape index (κ2) is 8.26. The summed E-state index contributed by atoms with van der Waals surface area (Å²) in [6.07, 6.45) is 0. The van der Waals surface area contributed by atoms with Crippen LogP contribution in [-0.4, -0.2) is 43.7 Å². The normalized spacial score (nSPS) is 12.4. The van der Waals surface area contributed by atoms with Gasteiger partial charge in [0.1, 0.15) is 0 Å². The molecule has 1 aliphatic rings. The van der Waals surface area contributed by atoms with Gasteiger partial charge < -0.3 is 9.80 Å². The Kier molecular flexibility index (Phi) is 6.58. The third-order valence-corrected chi connectivity index (χ3v) is 5.21. The Morgan fingerprint density at radius 1 is 1.12 bits per heavy atom. The number of fused-ring (bicyclic) bond motifs is 2. The highest BCUT2D eigenvalue weighted by atomic mass is 35.5. The van der Waals surface area contributed by atoms with E-state index in [9.17, 15) is 4.79 Å². The maximum Gasteiger partial charge on any atom is 0.177 e. The highest BCUT2D eigenvalue weighted by Gasteiger charge is 2.24. The average Bonchev–Trinajstić information content (AvgIpc) is 2.57. The summed E-state index contributed by atoms with van der Waals surface area (Å²) in [6.45, 7) is 1.81. The van der Waals surface area contributed by atoms with Crippen molar-refractivity contribution < 1.29 is 4.79 Å². The molecule has 6 heteroatoms. The van der Waals surface area contributed by atoms with Crippen LogP contribution in [0.15, 0.2) is 52.3 Å². The van der Waals surface area contributed by atoms with E-state index in [2.05, 4.69) is 48.2 Å². The van der Waals surface area contributed by atoms with Crippen LogP contribution in [0.3, 0.4) is 0 Å². The number of para-hydroxylation sites is 1. The van der Waals surface area contributed by atoms with Crippen molar-refractivity contribution in [1.82, 2.24) is 4.90 Å². The minimum Gasteiger partial charge on any atom is -0.338 e. The molecule has 2 aromatic rings. The number of rotatable bonds is 5. The van der Waals surface area contributed by atoms with Crippen molar-refractivity contribution in [2.45, 2.75) is 9.79 Å². The molecule has 24 heavy (non-hydrogen) atoms. The molecule has 3 rings (SSSR count). The first-order valence-corrected chi connectivity index (χ1v) is 8.87. The second-order valence-electron chi connectivity index (χ2n) is 5.76. The lowest BCUT2D eigenvalue weighted by atomic mass is 10.1. The number of alkyl halides is 1. The number of Topliss-reactive ketones (excluding diaryl/α,β-unsaturated/α-hetero) is 1. The topological polar surface area (TPSA) is 23.6 Å². The van der Waals surface area contributed by atoms with Gasteiger partial charge in [-0.3, -0.25) is 4.79 Å². The zero-order valence-corrected chi connectivity index (χ0v) is 16.0. The number of carbonyl (C=O) groups is 1. The molecule has 1 heterocycles. The Bertz CT molecular complexity index is 737. The molecule has 0 saturated heterocycles. The van der Waals surface area contributed by atoms with Gasteiger partial charge in [0.05, 0.1) is 17.3 Å². The first-order chi connectivity index (χ1) is 11.1. The predicted octanol–water partition coefficient (Wildman–Crippen LogP) is 4.69. The number of hydrogen-bond acceptors (Lipinski definition) is 4. The van der Waals surface area contributed by atoms with Gasteiger partial charge in [0.15, 0.2) is 5.78 Å². The molecule has 0 unspecified atom stereocenters. The molecule has 0 saturated carbocycles. The van der Waals surface area contributed by atoms with E-state index < -0.39 is 0 Å². The summed E-state index contributed by atoms with van der Waals surface area (Å²) < 4.78 is 0. The van der Waals surface area contributed by atoms with Crippen LogP contribution >= 0.6 is 35.8 Å². The average molecular weight is 383 g/mol. The maximum absolute atomic E-state index is 12.0. The van der Waals surface area contributed by atoms with Crippen molar-refractivity contribution in [1.29, 1.82) is 0 Å². The zero-order chi connectivity index (χ0) is 16.4. The summed E-state index contributed by atoms with van der Waals surface area (Å²) in [4.78, 5) is 18.8. The number of carbonyl (C=O) groups excluding carboxylic acids is 1. The smallest absolute Gasteiger partial charge is 0.177 e. The Morgan fingerprint density at radius 2 is 1.83 bits per heavy atom. The van der Waals surface area contributed by atoms with Crippen LogP contribution in [0, 0.1) is 0 Å². The van der Waals surface area contributed by atoms with Crippen LogP contribution in [0.4, 0.5) is 11.4 Å². The molecule has 3 nitrogen and oxygen atoms in total. The highest BCUT2D eigenvalue weighted by Crippen LogP contribution is 2.48. The Balaban J connectivity index is 0.00000208. The first kappa shape index (κ1) is 19.1. The first-order valence-electron chi connectivity index (χ1n) is 7.52. The Labute approximate surface area is 158 Å². The van der Waals surface area contributed by atoms with Crippen molar-refractivity contribution in [3.63, 3.8) is 0 Å². The van der Waals surface area contributed by atoms with Crippen LogP contribution in [-0.2, 0) is 0 Å². The summed E-state index contributed by atoms with van der Waals surface area (Å²) in [5.74, 6) is -0.0221. The van der Waals surface area contributed by atoms with Gasteiger partial charge in [-0.2, -0.15) is 0 Å². The van der Waals surface area contributed by atoms with E-state index in [0.29, 0.717) is 5.56 Å². The summed E-state index contributed by atoms with van der Waals surface area (Å²) in [5, 5.41) is 0. The molecule has 2 aromatic carbocycles. The number of hydrogen-bond donors (Lipinski definition) is 0. The molecule has 128 valence electrons. The van der Waals surface area contributed by atoms with Crippen LogP contribution in [0.2, 0.25) is 0 Å². The summed E-state index contributed by atoms with van der Waals surface area (Å²) in [6, 6.07) is 14.3. The van der Waals surface area contributed by atoms with E-state index in [-0.39, 0.29) is 24.1 Å². The number of ketones is 1. The lowest BCUT2D eigenvalue weighted by molar-refractivity contribution is 0.102. The Hall–Kier alpha value is -1.20. The molecule has 0 radical (unpaired) electrons. The van der Waals surface area contributed by atoms with Gasteiger partial charge in [0.25, 0.3) is 0 Å². The monoisotopic (exact) mass is 382 g/mol. The number of nitrogens with zero attached hydrogens (tertiary/aromatic N) is 2. The van der Waals surface area contributed by atoms with Crippen molar-refractivity contribution in [2.24, 2.45) is 0 Å². The highest BCUT2D eigenvalue weighted by molar-refractivity contribution is 7.99. The standard InChI is InChI=1S/C18H19ClN2OS.ClH/c1-20(2)9-10-21-14-5-3-4-6-17(14)23-18-8-7-13(11-15(18)21)16(22)12-19;/h3-8,11H,9-10,12H2,1-2H3;1H. The van der Waals surface area contributed by atoms with Crippen molar-refractivity contribution in [3.8, 4) is 0 Å². The number of halogens is 2. The van der Waals surface area contributed by atoms with Crippen LogP contribution in [0.1, 0.15) is 10.4 Å². The lowest BCUT2D eigenvalue weighted by Gasteiger charge is -2.33. The van der Waals surface area contributed by atoms with E-state index in [1.54, 1.807) is 11.8 Å². The molecule has 0 bridgehead atoms. The molecule has 0 N–H and O–H groups in total. The van der Waals surface area contributed by atoms with Gasteiger partial charge in [-0.15, -0.1) is 24.0 Å². The molecule has 0 fully saturated rings. The molecule has 0 spiro atoms. The fraction of sp³-hybridized carbons (Fsp3) is 0.278. The van der Waals surface area contributed by atoms with Gasteiger partial charge in [-0.1, -0.05) is 30.0 Å². The van der Waals surface area contributed by atoms with Crippen molar-refractivity contribution in [3.05, 3.63) is 48.0 Å². The Morgan fingerprint density at radius 3 is 2.54 bits per heavy atom. The largest absolute Gasteiger partial charge is 0.338 e. The predicted molar refractivity (Wildman–Crippen MR) is 105 cm³/mol. The van der Waals surface area contributed by atoms with Gasteiger partial charge in [-0.05, 0) is 38.4 Å². The molecular weight excluding hydrogens is 363 g/mol. The third kappa shape index (κ3) is 3.89. The van der Waals surface area contributed by atoms with E-state index in [4.69, 9.17) is 11.6 Å². The molecule has 0 amide bonds. The van der Waals surface area contributed by atoms with E-state index in [0.717, 1.165) is 18.8 Å². The summed E-state index contributed by atoms with van der Waals surface area (Å²) in [5.41, 5.74) is 2.96. The third-order valence-electron chi connectivity index (χ3n) is 3.84. The van der Waals surface area contributed by atoms with E-state index in [1.165, 1.54) is 15.5 Å². The second-order valence-corrected chi connectivity index (χ2v) is 7.12. The number of benzene rings is 2. The van der Waals surface area contributed by atoms with Gasteiger partial charge in [0.2, 0.25) is 0 Å². The molecular formula is C18H20Cl2N2OS. The van der Waals surface area contributed by atoms with Crippen LogP contribution in [0.5, 0.6) is 0 Å². The zero-order valence-electron chi connectivity index (χ0n) is 13.7. The number of likely N-dealkylation sites (N-methyl/N-ethyl adjacent to an activating group) is 1. The molecule has 0 aliphatic carbocycles. The number of anilines is 2. The quantitative estimate of drug-likeness (QED) is 0.552. The van der Waals surface area contributed by atoms with Gasteiger partial charge in [0, 0.05) is 28.4 Å². The fourth-order valence-corrected chi connectivity index (χ4v) is 3.85. The lowest BCUT2D eigenvalue weighted by Crippen LogP contribution is -2.30. The molecule has 0 aromatic heterocycles. The van der Waals surface area contributed by atoms with Gasteiger partial charge >= 0.3 is 0 Å². The van der Waals surface area contributed by atoms with Gasteiger partial charge in [-0.25, -0.2) is 0 Å². The summed E-state index contributed by atoms with van der Waals surface area (Å²) >= 11 is 7.46. The maximum atomic E-state index is 12.0. The minimum absolute atomic E-state index is 0. The van der Waals surface area contributed by atoms with E-state index >= 15 is 0 Å². The van der Waals surface area contributed by atoms with Crippen LogP contribution in [0.25, 0.3) is 0 Å². The SMILES string of the molecule is CN(C)CCN1c2ccccc2Sc2ccc(C(=O)CCl)cc21.Cl. The van der Waals surface area contributed by atoms with Crippen molar-refractivity contribution >= 4 is 52.9 Å². The minimum atomic E-state index is -0.0362. The summed E-state index contributed by atoms with van der Waals surface area (Å²) in [7, 11) is 4.14. The van der Waals surface area contributed by atoms with E-state index in [1.807, 2.05) is 18.2 Å². The fourth-order valence-electron chi connectivity index (χ4n) is 2.62. The van der Waals surface area contributed by atoms with Crippen LogP contribution < -0.4 is 4.90 Å². The molecule has 0 atom stereocenters.